The van der Waals surface area contributed by atoms with Crippen molar-refractivity contribution in [1.29, 1.82) is 0 Å². The molecule has 172 valence electrons. The second kappa shape index (κ2) is 8.69. The Labute approximate surface area is 187 Å². The Bertz CT molecular complexity index is 1020. The molecule has 2 fully saturated rings. The number of carbonyl (C=O) groups is 1. The highest BCUT2D eigenvalue weighted by molar-refractivity contribution is 6.10. The quantitative estimate of drug-likeness (QED) is 0.686. The van der Waals surface area contributed by atoms with Gasteiger partial charge in [-0.15, -0.1) is 0 Å². The van der Waals surface area contributed by atoms with Crippen molar-refractivity contribution in [2.45, 2.75) is 70.6 Å². The van der Waals surface area contributed by atoms with Crippen LogP contribution < -0.4 is 10.6 Å². The topological polar surface area (TPSA) is 103 Å². The predicted octanol–water partition coefficient (Wildman–Crippen LogP) is 2.84. The molecule has 1 aliphatic carbocycles. The average Bonchev–Trinajstić information content (AvgIpc) is 3.42. The van der Waals surface area contributed by atoms with Gasteiger partial charge in [0, 0.05) is 56.9 Å². The number of pyridine rings is 1. The first-order valence-corrected chi connectivity index (χ1v) is 11.8. The first-order valence-electron chi connectivity index (χ1n) is 11.8. The summed E-state index contributed by atoms with van der Waals surface area (Å²) in [7, 11) is 0. The summed E-state index contributed by atoms with van der Waals surface area (Å²) in [5, 5.41) is 16.8. The highest BCUT2D eigenvalue weighted by Crippen LogP contribution is 2.47. The van der Waals surface area contributed by atoms with Crippen LogP contribution in [0.5, 0.6) is 0 Å². The van der Waals surface area contributed by atoms with Crippen LogP contribution in [-0.2, 0) is 20.9 Å². The Balaban J connectivity index is 1.35. The molecule has 9 heteroatoms. The molecule has 2 aromatic heterocycles. The van der Waals surface area contributed by atoms with E-state index in [0.29, 0.717) is 24.9 Å². The highest BCUT2D eigenvalue weighted by Gasteiger charge is 2.51. The Morgan fingerprint density at radius 1 is 1.25 bits per heavy atom. The van der Waals surface area contributed by atoms with Crippen molar-refractivity contribution in [2.75, 3.05) is 25.1 Å². The molecule has 5 rings (SSSR count). The molecular weight excluding hydrogens is 408 g/mol. The molecule has 1 amide bonds. The van der Waals surface area contributed by atoms with Crippen LogP contribution in [0.1, 0.15) is 57.9 Å². The van der Waals surface area contributed by atoms with Crippen molar-refractivity contribution < 1.29 is 14.4 Å². The number of ether oxygens (including phenoxy) is 1. The minimum Gasteiger partial charge on any atom is -0.389 e. The van der Waals surface area contributed by atoms with Gasteiger partial charge in [-0.05, 0) is 38.5 Å². The van der Waals surface area contributed by atoms with E-state index >= 15 is 0 Å². The lowest BCUT2D eigenvalue weighted by Crippen LogP contribution is -2.48. The number of oxime groups is 1. The number of nitrogens with zero attached hydrogens (tertiary/aromatic N) is 4. The third-order valence-electron chi connectivity index (χ3n) is 6.92. The number of amides is 1. The number of hydrogen-bond donors (Lipinski definition) is 2. The van der Waals surface area contributed by atoms with E-state index in [1.165, 1.54) is 0 Å². The normalized spacial score (nSPS) is 25.4. The van der Waals surface area contributed by atoms with Crippen molar-refractivity contribution in [3.63, 3.8) is 0 Å². The number of aryl methyl sites for hydroxylation is 1. The highest BCUT2D eigenvalue weighted by atomic mass is 16.7. The minimum atomic E-state index is -0.241. The van der Waals surface area contributed by atoms with Gasteiger partial charge in [0.25, 0.3) is 0 Å². The molecule has 0 radical (unpaired) electrons. The van der Waals surface area contributed by atoms with E-state index in [1.807, 2.05) is 24.0 Å². The van der Waals surface area contributed by atoms with E-state index in [-0.39, 0.29) is 11.5 Å². The second-order valence-corrected chi connectivity index (χ2v) is 9.20. The van der Waals surface area contributed by atoms with Gasteiger partial charge < -0.3 is 20.2 Å². The molecule has 1 spiro atoms. The monoisotopic (exact) mass is 440 g/mol. The van der Waals surface area contributed by atoms with Crippen LogP contribution in [0.25, 0.3) is 11.0 Å². The van der Waals surface area contributed by atoms with Crippen LogP contribution in [-0.4, -0.2) is 57.8 Å². The zero-order chi connectivity index (χ0) is 22.1. The van der Waals surface area contributed by atoms with Crippen LogP contribution in [0.15, 0.2) is 17.5 Å². The standard InChI is InChI=1S/C23H32N6O3/c1-3-20(30)24-12-15-9-23(10-15)11-19(28-32-23)17-13-25-22-18(14-26-29(22)4-2)21(17)27-16-5-7-31-8-6-16/h13-16H,3-12H2,1-2H3,(H,24,30)(H,25,27). The summed E-state index contributed by atoms with van der Waals surface area (Å²) in [6, 6.07) is 0.352. The van der Waals surface area contributed by atoms with E-state index in [4.69, 9.17) is 14.6 Å². The summed E-state index contributed by atoms with van der Waals surface area (Å²) >= 11 is 0. The SMILES string of the molecule is CCC(=O)NCC1CC2(CC(c3cnc4c(cnn4CC)c3NC3CCOCC3)=NO2)C1. The first-order chi connectivity index (χ1) is 15.6. The molecule has 2 N–H and O–H groups in total. The summed E-state index contributed by atoms with van der Waals surface area (Å²) in [5.41, 5.74) is 3.63. The summed E-state index contributed by atoms with van der Waals surface area (Å²) in [6.07, 6.45) is 8.88. The molecule has 9 nitrogen and oxygen atoms in total. The maximum atomic E-state index is 11.5. The molecule has 0 atom stereocenters. The lowest BCUT2D eigenvalue weighted by Gasteiger charge is -2.42. The van der Waals surface area contributed by atoms with Crippen molar-refractivity contribution in [1.82, 2.24) is 20.1 Å². The largest absolute Gasteiger partial charge is 0.389 e. The van der Waals surface area contributed by atoms with Gasteiger partial charge in [0.2, 0.25) is 5.91 Å². The van der Waals surface area contributed by atoms with Gasteiger partial charge in [0.15, 0.2) is 5.65 Å². The van der Waals surface area contributed by atoms with Gasteiger partial charge in [-0.2, -0.15) is 5.10 Å². The molecule has 32 heavy (non-hydrogen) atoms. The van der Waals surface area contributed by atoms with E-state index in [0.717, 1.165) is 79.9 Å². The lowest BCUT2D eigenvalue weighted by atomic mass is 9.68. The van der Waals surface area contributed by atoms with E-state index in [1.54, 1.807) is 0 Å². The lowest BCUT2D eigenvalue weighted by molar-refractivity contribution is -0.124. The fourth-order valence-corrected chi connectivity index (χ4v) is 5.08. The van der Waals surface area contributed by atoms with Crippen LogP contribution in [0.3, 0.4) is 0 Å². The van der Waals surface area contributed by atoms with Crippen LogP contribution in [0.2, 0.25) is 0 Å². The van der Waals surface area contributed by atoms with E-state index < -0.39 is 0 Å². The Hall–Kier alpha value is -2.68. The van der Waals surface area contributed by atoms with Crippen molar-refractivity contribution in [3.05, 3.63) is 18.0 Å². The van der Waals surface area contributed by atoms with Crippen LogP contribution in [0.4, 0.5) is 5.69 Å². The Morgan fingerprint density at radius 2 is 2.06 bits per heavy atom. The molecule has 2 aromatic rings. The molecule has 4 heterocycles. The summed E-state index contributed by atoms with van der Waals surface area (Å²) < 4.78 is 7.46. The third kappa shape index (κ3) is 3.94. The van der Waals surface area contributed by atoms with Crippen molar-refractivity contribution in [3.8, 4) is 0 Å². The number of hydrogen-bond acceptors (Lipinski definition) is 7. The number of carbonyl (C=O) groups excluding carboxylic acids is 1. The molecule has 2 aliphatic heterocycles. The fraction of sp³-hybridized carbons (Fsp3) is 0.652. The Kier molecular flexibility index (Phi) is 5.75. The van der Waals surface area contributed by atoms with Crippen LogP contribution in [0, 0.1) is 5.92 Å². The molecule has 0 aromatic carbocycles. The maximum absolute atomic E-state index is 11.5. The zero-order valence-corrected chi connectivity index (χ0v) is 18.9. The van der Waals surface area contributed by atoms with E-state index in [2.05, 4.69) is 27.8 Å². The number of aromatic nitrogens is 3. The van der Waals surface area contributed by atoms with Gasteiger partial charge in [-0.1, -0.05) is 12.1 Å². The fourth-order valence-electron chi connectivity index (χ4n) is 5.08. The third-order valence-corrected chi connectivity index (χ3v) is 6.92. The molecule has 0 unspecified atom stereocenters. The molecule has 1 saturated carbocycles. The second-order valence-electron chi connectivity index (χ2n) is 9.20. The van der Waals surface area contributed by atoms with Gasteiger partial charge in [0.1, 0.15) is 5.60 Å². The first kappa shape index (κ1) is 21.2. The maximum Gasteiger partial charge on any atom is 0.219 e. The molecular formula is C23H32N6O3. The van der Waals surface area contributed by atoms with Gasteiger partial charge in [-0.25, -0.2) is 9.67 Å². The number of anilines is 1. The van der Waals surface area contributed by atoms with E-state index in [9.17, 15) is 4.79 Å². The average molecular weight is 441 g/mol. The smallest absolute Gasteiger partial charge is 0.219 e. The van der Waals surface area contributed by atoms with Gasteiger partial charge >= 0.3 is 0 Å². The summed E-state index contributed by atoms with van der Waals surface area (Å²) in [4.78, 5) is 22.2. The zero-order valence-electron chi connectivity index (χ0n) is 18.9. The van der Waals surface area contributed by atoms with Crippen molar-refractivity contribution in [2.24, 2.45) is 11.1 Å². The summed E-state index contributed by atoms with van der Waals surface area (Å²) in [5.74, 6) is 0.550. The predicted molar refractivity (Wildman–Crippen MR) is 122 cm³/mol. The molecule has 1 saturated heterocycles. The number of nitrogens with one attached hydrogen (secondary N) is 2. The van der Waals surface area contributed by atoms with Gasteiger partial charge in [0.05, 0.1) is 23.0 Å². The Morgan fingerprint density at radius 3 is 2.81 bits per heavy atom. The van der Waals surface area contributed by atoms with Crippen molar-refractivity contribution >= 4 is 28.3 Å². The van der Waals surface area contributed by atoms with Crippen LogP contribution >= 0.6 is 0 Å². The number of fused-ring (bicyclic) bond motifs is 1. The minimum absolute atomic E-state index is 0.103. The number of rotatable bonds is 7. The molecule has 3 aliphatic rings. The molecule has 0 bridgehead atoms. The summed E-state index contributed by atoms with van der Waals surface area (Å²) in [6.45, 7) is 6.99. The van der Waals surface area contributed by atoms with Gasteiger partial charge in [-0.3, -0.25) is 4.79 Å².